The lowest BCUT2D eigenvalue weighted by molar-refractivity contribution is -0.130. The number of para-hydroxylation sites is 1. The fraction of sp³-hybridized carbons (Fsp3) is 0.533. The van der Waals surface area contributed by atoms with Crippen LogP contribution in [0.25, 0.3) is 0 Å². The van der Waals surface area contributed by atoms with Crippen molar-refractivity contribution in [3.05, 3.63) is 30.3 Å². The highest BCUT2D eigenvalue weighted by atomic mass is 16.5. The van der Waals surface area contributed by atoms with Gasteiger partial charge in [-0.25, -0.2) is 0 Å². The van der Waals surface area contributed by atoms with E-state index in [0.717, 1.165) is 31.7 Å². The second-order valence-corrected chi connectivity index (χ2v) is 4.61. The van der Waals surface area contributed by atoms with Gasteiger partial charge in [-0.3, -0.25) is 4.79 Å². The molecular weight excluding hydrogens is 242 g/mol. The van der Waals surface area contributed by atoms with Crippen LogP contribution >= 0.6 is 0 Å². The minimum Gasteiger partial charge on any atom is -0.494 e. The van der Waals surface area contributed by atoms with Gasteiger partial charge >= 0.3 is 0 Å². The van der Waals surface area contributed by atoms with Crippen LogP contribution in [0.1, 0.15) is 19.3 Å². The summed E-state index contributed by atoms with van der Waals surface area (Å²) in [6, 6.07) is 9.81. The average Bonchev–Trinajstić information content (AvgIpc) is 2.65. The first-order chi connectivity index (χ1) is 9.36. The molecule has 0 N–H and O–H groups in total. The van der Waals surface area contributed by atoms with Crippen molar-refractivity contribution >= 4 is 5.91 Å². The number of benzene rings is 1. The molecule has 0 atom stereocenters. The van der Waals surface area contributed by atoms with Gasteiger partial charge in [0.05, 0.1) is 26.2 Å². The molecule has 104 valence electrons. The summed E-state index contributed by atoms with van der Waals surface area (Å²) in [5, 5.41) is 0. The van der Waals surface area contributed by atoms with Crippen molar-refractivity contribution in [3.8, 4) is 5.75 Å². The number of hydrogen-bond donors (Lipinski definition) is 0. The van der Waals surface area contributed by atoms with Crippen molar-refractivity contribution in [1.82, 2.24) is 4.90 Å². The van der Waals surface area contributed by atoms with Crippen molar-refractivity contribution < 1.29 is 14.3 Å². The molecule has 0 aromatic heterocycles. The summed E-state index contributed by atoms with van der Waals surface area (Å²) < 4.78 is 10.9. The molecule has 4 nitrogen and oxygen atoms in total. The molecular formula is C15H21NO3. The number of rotatable bonds is 6. The van der Waals surface area contributed by atoms with Crippen LogP contribution in [0.3, 0.4) is 0 Å². The molecule has 0 radical (unpaired) electrons. The maximum atomic E-state index is 11.7. The fourth-order valence-electron chi connectivity index (χ4n) is 2.07. The first-order valence-electron chi connectivity index (χ1n) is 6.89. The number of carbonyl (C=O) groups is 1. The molecule has 0 aliphatic carbocycles. The second-order valence-electron chi connectivity index (χ2n) is 4.61. The third kappa shape index (κ3) is 4.91. The Labute approximate surface area is 114 Å². The van der Waals surface area contributed by atoms with Crippen molar-refractivity contribution in [2.24, 2.45) is 0 Å². The molecule has 1 aromatic carbocycles. The van der Waals surface area contributed by atoms with Crippen LogP contribution in [-0.2, 0) is 9.53 Å². The van der Waals surface area contributed by atoms with E-state index < -0.39 is 0 Å². The molecule has 1 aliphatic heterocycles. The summed E-state index contributed by atoms with van der Waals surface area (Å²) in [6.45, 7) is 3.44. The molecule has 1 fully saturated rings. The van der Waals surface area contributed by atoms with E-state index in [-0.39, 0.29) is 5.91 Å². The van der Waals surface area contributed by atoms with Gasteiger partial charge in [-0.1, -0.05) is 18.2 Å². The zero-order valence-electron chi connectivity index (χ0n) is 11.2. The Balaban J connectivity index is 1.60. The molecule has 0 bridgehead atoms. The zero-order chi connectivity index (χ0) is 13.3. The Morgan fingerprint density at radius 3 is 2.84 bits per heavy atom. The third-order valence-electron chi connectivity index (χ3n) is 3.15. The minimum atomic E-state index is 0.210. The molecule has 1 aromatic rings. The quantitative estimate of drug-likeness (QED) is 0.738. The Morgan fingerprint density at radius 1 is 1.16 bits per heavy atom. The van der Waals surface area contributed by atoms with E-state index in [1.54, 1.807) is 0 Å². The number of nitrogens with zero attached hydrogens (tertiary/aromatic N) is 1. The van der Waals surface area contributed by atoms with Crippen molar-refractivity contribution in [2.75, 3.05) is 32.9 Å². The van der Waals surface area contributed by atoms with E-state index in [1.165, 1.54) is 0 Å². The Hall–Kier alpha value is -1.55. The highest BCUT2D eigenvalue weighted by Crippen LogP contribution is 2.09. The number of amides is 1. The van der Waals surface area contributed by atoms with Crippen LogP contribution < -0.4 is 4.74 Å². The molecule has 1 saturated heterocycles. The normalized spacial score (nSPS) is 16.2. The largest absolute Gasteiger partial charge is 0.494 e. The topological polar surface area (TPSA) is 38.8 Å². The summed E-state index contributed by atoms with van der Waals surface area (Å²) >= 11 is 0. The predicted octanol–water partition coefficient (Wildman–Crippen LogP) is 2.09. The van der Waals surface area contributed by atoms with E-state index in [2.05, 4.69) is 0 Å². The highest BCUT2D eigenvalue weighted by Gasteiger charge is 2.15. The lowest BCUT2D eigenvalue weighted by Gasteiger charge is -2.19. The molecule has 1 heterocycles. The summed E-state index contributed by atoms with van der Waals surface area (Å²) in [6.07, 6.45) is 2.44. The standard InChI is InChI=1S/C15H21NO3/c17-15-8-12-18-13-10-16(15)9-4-5-11-19-14-6-2-1-3-7-14/h1-3,6-7H,4-5,8-13H2. The third-order valence-corrected chi connectivity index (χ3v) is 3.15. The van der Waals surface area contributed by atoms with Gasteiger partial charge in [0.15, 0.2) is 0 Å². The minimum absolute atomic E-state index is 0.210. The number of hydrogen-bond acceptors (Lipinski definition) is 3. The maximum absolute atomic E-state index is 11.7. The van der Waals surface area contributed by atoms with E-state index >= 15 is 0 Å². The summed E-state index contributed by atoms with van der Waals surface area (Å²) in [7, 11) is 0. The van der Waals surface area contributed by atoms with Crippen LogP contribution in [0.2, 0.25) is 0 Å². The van der Waals surface area contributed by atoms with E-state index in [9.17, 15) is 4.79 Å². The van der Waals surface area contributed by atoms with Gasteiger partial charge in [0.2, 0.25) is 5.91 Å². The molecule has 0 spiro atoms. The number of unbranched alkanes of at least 4 members (excludes halogenated alkanes) is 1. The fourth-order valence-corrected chi connectivity index (χ4v) is 2.07. The Bertz CT molecular complexity index is 380. The molecule has 1 amide bonds. The molecule has 19 heavy (non-hydrogen) atoms. The SMILES string of the molecule is O=C1CCOCCN1CCCCOc1ccccc1. The first-order valence-corrected chi connectivity index (χ1v) is 6.89. The van der Waals surface area contributed by atoms with Crippen LogP contribution in [0.15, 0.2) is 30.3 Å². The van der Waals surface area contributed by atoms with Crippen molar-refractivity contribution in [3.63, 3.8) is 0 Å². The lowest BCUT2D eigenvalue weighted by atomic mass is 10.3. The smallest absolute Gasteiger partial charge is 0.224 e. The van der Waals surface area contributed by atoms with Crippen LogP contribution in [-0.4, -0.2) is 43.7 Å². The Kier molecular flexibility index (Phi) is 5.69. The summed E-state index contributed by atoms with van der Waals surface area (Å²) in [5.74, 6) is 1.11. The van der Waals surface area contributed by atoms with Gasteiger partial charge in [0, 0.05) is 13.1 Å². The van der Waals surface area contributed by atoms with Crippen molar-refractivity contribution in [2.45, 2.75) is 19.3 Å². The van der Waals surface area contributed by atoms with Gasteiger partial charge in [0.1, 0.15) is 5.75 Å². The van der Waals surface area contributed by atoms with Gasteiger partial charge < -0.3 is 14.4 Å². The van der Waals surface area contributed by atoms with Crippen LogP contribution in [0.4, 0.5) is 0 Å². The van der Waals surface area contributed by atoms with Gasteiger partial charge in [-0.15, -0.1) is 0 Å². The van der Waals surface area contributed by atoms with Gasteiger partial charge in [-0.2, -0.15) is 0 Å². The second kappa shape index (κ2) is 7.79. The zero-order valence-corrected chi connectivity index (χ0v) is 11.2. The van der Waals surface area contributed by atoms with Crippen LogP contribution in [0.5, 0.6) is 5.75 Å². The molecule has 1 aliphatic rings. The van der Waals surface area contributed by atoms with E-state index in [0.29, 0.717) is 26.2 Å². The molecule has 4 heteroatoms. The number of carbonyl (C=O) groups excluding carboxylic acids is 1. The van der Waals surface area contributed by atoms with Gasteiger partial charge in [-0.05, 0) is 25.0 Å². The average molecular weight is 263 g/mol. The maximum Gasteiger partial charge on any atom is 0.224 e. The van der Waals surface area contributed by atoms with Crippen molar-refractivity contribution in [1.29, 1.82) is 0 Å². The molecule has 0 saturated carbocycles. The van der Waals surface area contributed by atoms with E-state index in [1.807, 2.05) is 35.2 Å². The predicted molar refractivity (Wildman–Crippen MR) is 73.2 cm³/mol. The Morgan fingerprint density at radius 2 is 2.00 bits per heavy atom. The highest BCUT2D eigenvalue weighted by molar-refractivity contribution is 5.76. The lowest BCUT2D eigenvalue weighted by Crippen LogP contribution is -2.32. The van der Waals surface area contributed by atoms with Crippen LogP contribution in [0, 0.1) is 0 Å². The summed E-state index contributed by atoms with van der Waals surface area (Å²) in [5.41, 5.74) is 0. The summed E-state index contributed by atoms with van der Waals surface area (Å²) in [4.78, 5) is 13.6. The number of ether oxygens (including phenoxy) is 2. The molecule has 2 rings (SSSR count). The first kappa shape index (κ1) is 13.9. The van der Waals surface area contributed by atoms with Gasteiger partial charge in [0.25, 0.3) is 0 Å². The van der Waals surface area contributed by atoms with E-state index in [4.69, 9.17) is 9.47 Å². The molecule has 0 unspecified atom stereocenters. The monoisotopic (exact) mass is 263 g/mol.